The van der Waals surface area contributed by atoms with Gasteiger partial charge in [-0.1, -0.05) is 0 Å². The van der Waals surface area contributed by atoms with Crippen molar-refractivity contribution in [3.05, 3.63) is 95.6 Å². The van der Waals surface area contributed by atoms with E-state index in [-0.39, 0.29) is 354 Å². The van der Waals surface area contributed by atoms with Gasteiger partial charge < -0.3 is 264 Å². The second-order valence-corrected chi connectivity index (χ2v) is 7.57. The number of carbonyl (C=O) groups excluding carboxylic acids is 2. The first-order valence-corrected chi connectivity index (χ1v) is 10.7. The average Bonchev–Trinajstić information content (AvgIpc) is 3.32. The SMILES string of the molecule is CC[n+]1cccc2c1-c1ncccc1C2=O.CC[n+]1cccc2c1-c1ncccc1C2=O.[Bi+3].[Bi+3].[Bi+3].[I-].[I-].[I-].[I-].[I-].[I-].[I-].[I-].[I-].[I-].[I-]. The van der Waals surface area contributed by atoms with Crippen LogP contribution in [0.1, 0.15) is 45.7 Å². The summed E-state index contributed by atoms with van der Waals surface area (Å²) in [5.74, 6) is 0.168. The Morgan fingerprint density at radius 3 is 1.04 bits per heavy atom. The van der Waals surface area contributed by atoms with Crippen molar-refractivity contribution < 1.29 is 282 Å². The van der Waals surface area contributed by atoms with Gasteiger partial charge in [0.2, 0.25) is 23.0 Å². The topological polar surface area (TPSA) is 67.7 Å². The van der Waals surface area contributed by atoms with Crippen LogP contribution in [-0.2, 0) is 13.1 Å². The van der Waals surface area contributed by atoms with Crippen LogP contribution in [0.2, 0.25) is 0 Å². The van der Waals surface area contributed by atoms with E-state index in [9.17, 15) is 9.59 Å². The molecule has 0 aromatic carbocycles. The molecule has 4 heterocycles. The van der Waals surface area contributed by atoms with E-state index in [1.807, 2.05) is 48.8 Å². The molecule has 0 unspecified atom stereocenters. The molecule has 0 spiro atoms. The Morgan fingerprint density at radius 1 is 0.478 bits per heavy atom. The molecule has 0 aliphatic heterocycles. The molecular formula is C26H22Bi3I11N4O2. The first-order chi connectivity index (χ1) is 15.7. The molecule has 0 fully saturated rings. The fraction of sp³-hybridized carbons (Fsp3) is 0.154. The van der Waals surface area contributed by atoms with Crippen molar-refractivity contribution >= 4 is 90.2 Å². The van der Waals surface area contributed by atoms with Gasteiger partial charge in [-0.2, -0.15) is 9.13 Å². The number of hydrogen-bond acceptors (Lipinski definition) is 4. The van der Waals surface area contributed by atoms with E-state index in [1.165, 1.54) is 0 Å². The molecule has 0 amide bonds. The number of aryl methyl sites for hydroxylation is 2. The first kappa shape index (κ1) is 77.2. The summed E-state index contributed by atoms with van der Waals surface area (Å²) in [6.45, 7) is 5.80. The third-order valence-corrected chi connectivity index (χ3v) is 5.87. The molecule has 4 aromatic heterocycles. The molecule has 0 N–H and O–H groups in total. The Bertz CT molecular complexity index is 1340. The van der Waals surface area contributed by atoms with Gasteiger partial charge >= 0.3 is 78.6 Å². The summed E-state index contributed by atoms with van der Waals surface area (Å²) in [6.07, 6.45) is 7.42. The summed E-state index contributed by atoms with van der Waals surface area (Å²) < 4.78 is 4.12. The van der Waals surface area contributed by atoms with E-state index in [1.54, 1.807) is 24.5 Å². The maximum absolute atomic E-state index is 12.1. The molecule has 6 nitrogen and oxygen atoms in total. The number of fused-ring (bicyclic) bond motifs is 6. The van der Waals surface area contributed by atoms with E-state index in [4.69, 9.17) is 0 Å². The maximum atomic E-state index is 12.1. The van der Waals surface area contributed by atoms with Gasteiger partial charge in [0.25, 0.3) is 0 Å². The number of hydrogen-bond donors (Lipinski definition) is 0. The number of nitrogens with zero attached hydrogens (tertiary/aromatic N) is 4. The number of rotatable bonds is 2. The van der Waals surface area contributed by atoms with Crippen LogP contribution < -0.4 is 273 Å². The largest absolute Gasteiger partial charge is 3.00 e. The molecule has 6 radical (unpaired) electrons. The smallest absolute Gasteiger partial charge is 1.00 e. The second-order valence-electron chi connectivity index (χ2n) is 7.57. The molecule has 4 aromatic rings. The Labute approximate surface area is 516 Å². The molecule has 0 saturated carbocycles. The fourth-order valence-corrected chi connectivity index (χ4v) is 4.37. The van der Waals surface area contributed by atoms with Gasteiger partial charge in [0, 0.05) is 24.5 Å². The molecule has 250 valence electrons. The molecule has 2 aliphatic carbocycles. The van der Waals surface area contributed by atoms with Crippen molar-refractivity contribution in [2.45, 2.75) is 26.9 Å². The molecule has 2 aliphatic rings. The molecule has 46 heavy (non-hydrogen) atoms. The summed E-state index contributed by atoms with van der Waals surface area (Å²) in [5.41, 5.74) is 6.47. The average molecular weight is 2450 g/mol. The molecule has 20 heteroatoms. The molecule has 0 atom stereocenters. The Morgan fingerprint density at radius 2 is 0.761 bits per heavy atom. The van der Waals surface area contributed by atoms with E-state index < -0.39 is 0 Å². The third-order valence-electron chi connectivity index (χ3n) is 5.87. The predicted molar refractivity (Wildman–Crippen MR) is 135 cm³/mol. The number of aromatic nitrogens is 4. The van der Waals surface area contributed by atoms with Crippen LogP contribution in [0.5, 0.6) is 0 Å². The summed E-state index contributed by atoms with van der Waals surface area (Å²) >= 11 is 0. The van der Waals surface area contributed by atoms with Crippen molar-refractivity contribution in [1.82, 2.24) is 9.97 Å². The number of carbonyl (C=O) groups is 2. The molecule has 6 rings (SSSR count). The Balaban J connectivity index is -0.0000000540. The van der Waals surface area contributed by atoms with Gasteiger partial charge in [0.1, 0.15) is 24.5 Å². The summed E-state index contributed by atoms with van der Waals surface area (Å²) in [5, 5.41) is 0. The van der Waals surface area contributed by atoms with Crippen LogP contribution in [0, 0.1) is 0 Å². The van der Waals surface area contributed by atoms with Gasteiger partial charge in [0.15, 0.2) is 12.4 Å². The molecule has 0 bridgehead atoms. The van der Waals surface area contributed by atoms with Gasteiger partial charge in [-0.05, 0) is 50.2 Å². The number of ketones is 2. The summed E-state index contributed by atoms with van der Waals surface area (Å²) in [6, 6.07) is 14.8. The van der Waals surface area contributed by atoms with Crippen molar-refractivity contribution in [3.8, 4) is 22.8 Å². The van der Waals surface area contributed by atoms with Crippen LogP contribution in [-0.4, -0.2) is 100 Å². The van der Waals surface area contributed by atoms with Crippen molar-refractivity contribution in [2.75, 3.05) is 0 Å². The van der Waals surface area contributed by atoms with Gasteiger partial charge in [-0.25, -0.2) is 9.97 Å². The van der Waals surface area contributed by atoms with Gasteiger partial charge in [0.05, 0.1) is 22.3 Å². The van der Waals surface area contributed by atoms with Gasteiger partial charge in [-0.3, -0.25) is 9.59 Å². The zero-order valence-corrected chi connectivity index (χ0v) is 57.6. The van der Waals surface area contributed by atoms with Crippen LogP contribution >= 0.6 is 0 Å². The standard InChI is InChI=1S/2C13H11N2O.3Bi.11HI/c2*1-2-15-8-4-6-10-12(15)11-9(13(10)16)5-3-7-14-11;;;;;;;;;;;;;;/h2*3-8H,2H2,1H3;;;;11*1H/q2*+1;3*+3;;;;;;;;;;;/p-11. The molecular weight excluding hydrogens is 2420 g/mol. The fourth-order valence-electron chi connectivity index (χ4n) is 4.37. The minimum Gasteiger partial charge on any atom is -1.00 e. The second kappa shape index (κ2) is 38.5. The van der Waals surface area contributed by atoms with Crippen molar-refractivity contribution in [1.29, 1.82) is 0 Å². The van der Waals surface area contributed by atoms with Crippen molar-refractivity contribution in [2.24, 2.45) is 0 Å². The van der Waals surface area contributed by atoms with Crippen molar-refractivity contribution in [3.63, 3.8) is 0 Å². The normalized spacial score (nSPS) is 8.65. The predicted octanol–water partition coefficient (Wildman–Crippen LogP) is -30.9. The van der Waals surface area contributed by atoms with Crippen LogP contribution in [0.15, 0.2) is 73.3 Å². The summed E-state index contributed by atoms with van der Waals surface area (Å²) in [4.78, 5) is 32.8. The van der Waals surface area contributed by atoms with Crippen LogP contribution in [0.4, 0.5) is 0 Å². The third kappa shape index (κ3) is 17.4. The minimum absolute atomic E-state index is 0. The Hall–Kier alpha value is 6.62. The monoisotopic (exact) mass is 2450 g/mol. The summed E-state index contributed by atoms with van der Waals surface area (Å²) in [7, 11) is 0. The zero-order valence-electron chi connectivity index (χ0n) is 23.4. The number of pyridine rings is 4. The maximum Gasteiger partial charge on any atom is 3.00 e. The van der Waals surface area contributed by atoms with E-state index in [2.05, 4.69) is 32.9 Å². The van der Waals surface area contributed by atoms with E-state index in [0.29, 0.717) is 11.1 Å². The Kier molecular flexibility index (Phi) is 64.6. The quantitative estimate of drug-likeness (QED) is 0.0984. The van der Waals surface area contributed by atoms with E-state index >= 15 is 0 Å². The van der Waals surface area contributed by atoms with E-state index in [0.717, 1.165) is 47.0 Å². The van der Waals surface area contributed by atoms with Crippen LogP contribution in [0.25, 0.3) is 22.8 Å². The number of halogens is 11. The van der Waals surface area contributed by atoms with Gasteiger partial charge in [-0.15, -0.1) is 0 Å². The van der Waals surface area contributed by atoms with Crippen LogP contribution in [0.3, 0.4) is 0 Å². The molecule has 0 saturated heterocycles. The minimum atomic E-state index is 0. The zero-order chi connectivity index (χ0) is 22.2. The first-order valence-electron chi connectivity index (χ1n) is 10.7.